The van der Waals surface area contributed by atoms with E-state index in [4.69, 9.17) is 16.2 Å². The van der Waals surface area contributed by atoms with E-state index in [-0.39, 0.29) is 11.5 Å². The smallest absolute Gasteiger partial charge is 0.322 e. The van der Waals surface area contributed by atoms with Crippen LogP contribution in [0.4, 0.5) is 5.69 Å². The van der Waals surface area contributed by atoms with Gasteiger partial charge in [0.15, 0.2) is 5.96 Å². The number of carbonyl (C=O) groups excluding carboxylic acids is 1. The van der Waals surface area contributed by atoms with E-state index in [0.717, 1.165) is 0 Å². The summed E-state index contributed by atoms with van der Waals surface area (Å²) in [6.07, 6.45) is 0. The van der Waals surface area contributed by atoms with Crippen molar-refractivity contribution in [1.29, 1.82) is 5.41 Å². The Morgan fingerprint density at radius 3 is 2.59 bits per heavy atom. The fraction of sp³-hybridized carbons (Fsp3) is 0.100. The minimum absolute atomic E-state index is 0.226. The molecule has 1 rings (SSSR count). The average molecular weight is 236 g/mol. The van der Waals surface area contributed by atoms with Crippen molar-refractivity contribution in [2.75, 3.05) is 11.9 Å². The highest BCUT2D eigenvalue weighted by molar-refractivity contribution is 6.04. The number of benzene rings is 1. The van der Waals surface area contributed by atoms with E-state index in [1.165, 1.54) is 6.07 Å². The third-order valence-corrected chi connectivity index (χ3v) is 1.84. The maximum Gasteiger partial charge on any atom is 0.322 e. The van der Waals surface area contributed by atoms with Gasteiger partial charge in [0.2, 0.25) is 0 Å². The summed E-state index contributed by atoms with van der Waals surface area (Å²) < 4.78 is 0. The highest BCUT2D eigenvalue weighted by Gasteiger charge is 2.11. The molecule has 7 nitrogen and oxygen atoms in total. The van der Waals surface area contributed by atoms with Crippen molar-refractivity contribution >= 4 is 23.5 Å². The second-order valence-corrected chi connectivity index (χ2v) is 3.16. The Morgan fingerprint density at radius 1 is 1.35 bits per heavy atom. The van der Waals surface area contributed by atoms with Crippen LogP contribution in [0.15, 0.2) is 24.3 Å². The molecule has 6 N–H and O–H groups in total. The van der Waals surface area contributed by atoms with E-state index in [1.54, 1.807) is 18.2 Å². The molecule has 90 valence electrons. The Bertz CT molecular complexity index is 459. The Labute approximate surface area is 97.1 Å². The molecule has 17 heavy (non-hydrogen) atoms. The topological polar surface area (TPSA) is 128 Å². The Balaban J connectivity index is 2.85. The lowest BCUT2D eigenvalue weighted by molar-refractivity contribution is -0.135. The zero-order chi connectivity index (χ0) is 12.8. The lowest BCUT2D eigenvalue weighted by atomic mass is 10.1. The van der Waals surface area contributed by atoms with E-state index >= 15 is 0 Å². The van der Waals surface area contributed by atoms with Crippen molar-refractivity contribution in [3.63, 3.8) is 0 Å². The van der Waals surface area contributed by atoms with Crippen LogP contribution in [0.3, 0.4) is 0 Å². The van der Waals surface area contributed by atoms with Crippen molar-refractivity contribution in [3.05, 3.63) is 29.8 Å². The van der Waals surface area contributed by atoms with Crippen molar-refractivity contribution < 1.29 is 14.7 Å². The molecule has 0 aliphatic heterocycles. The molecule has 0 saturated carbocycles. The Kier molecular flexibility index (Phi) is 4.04. The first-order valence-corrected chi connectivity index (χ1v) is 4.70. The second kappa shape index (κ2) is 5.50. The summed E-state index contributed by atoms with van der Waals surface area (Å²) >= 11 is 0. The van der Waals surface area contributed by atoms with Gasteiger partial charge >= 0.3 is 5.97 Å². The summed E-state index contributed by atoms with van der Waals surface area (Å²) in [5.74, 6) is -1.98. The number of nitrogens with one attached hydrogen (secondary N) is 3. The number of para-hydroxylation sites is 1. The molecule has 1 aromatic carbocycles. The Morgan fingerprint density at radius 2 is 2.00 bits per heavy atom. The summed E-state index contributed by atoms with van der Waals surface area (Å²) in [5, 5.41) is 20.2. The molecule has 0 fully saturated rings. The van der Waals surface area contributed by atoms with Crippen molar-refractivity contribution in [2.24, 2.45) is 5.73 Å². The lowest BCUT2D eigenvalue weighted by Gasteiger charge is -2.09. The quantitative estimate of drug-likeness (QED) is 0.365. The number of nitrogens with two attached hydrogens (primary N) is 1. The van der Waals surface area contributed by atoms with Crippen molar-refractivity contribution in [3.8, 4) is 0 Å². The van der Waals surface area contributed by atoms with Crippen molar-refractivity contribution in [1.82, 2.24) is 5.32 Å². The van der Waals surface area contributed by atoms with Crippen LogP contribution in [-0.4, -0.2) is 29.5 Å². The van der Waals surface area contributed by atoms with E-state index in [2.05, 4.69) is 10.6 Å². The van der Waals surface area contributed by atoms with Crippen LogP contribution >= 0.6 is 0 Å². The van der Waals surface area contributed by atoms with E-state index in [0.29, 0.717) is 5.69 Å². The number of hydrogen-bond acceptors (Lipinski definition) is 3. The SMILES string of the molecule is N=C(N)Nc1ccccc1C(=O)NCC(=O)O. The molecule has 0 aliphatic rings. The van der Waals surface area contributed by atoms with Gasteiger partial charge in [-0.15, -0.1) is 0 Å². The molecule has 0 radical (unpaired) electrons. The Hall–Kier alpha value is -2.57. The number of anilines is 1. The number of aliphatic carboxylic acids is 1. The van der Waals surface area contributed by atoms with E-state index in [9.17, 15) is 9.59 Å². The highest BCUT2D eigenvalue weighted by Crippen LogP contribution is 2.14. The van der Waals surface area contributed by atoms with Crippen LogP contribution < -0.4 is 16.4 Å². The molecule has 0 spiro atoms. The van der Waals surface area contributed by atoms with E-state index < -0.39 is 18.4 Å². The van der Waals surface area contributed by atoms with Gasteiger partial charge in [-0.2, -0.15) is 0 Å². The van der Waals surface area contributed by atoms with Gasteiger partial charge in [0, 0.05) is 0 Å². The monoisotopic (exact) mass is 236 g/mol. The molecule has 7 heteroatoms. The van der Waals surface area contributed by atoms with Gasteiger partial charge in [-0.3, -0.25) is 15.0 Å². The molecule has 0 saturated heterocycles. The molecular weight excluding hydrogens is 224 g/mol. The average Bonchev–Trinajstić information content (AvgIpc) is 2.25. The summed E-state index contributed by atoms with van der Waals surface area (Å²) in [6.45, 7) is -0.465. The van der Waals surface area contributed by atoms with Crippen LogP contribution in [-0.2, 0) is 4.79 Å². The number of rotatable bonds is 4. The van der Waals surface area contributed by atoms with Crippen LogP contribution in [0.1, 0.15) is 10.4 Å². The van der Waals surface area contributed by atoms with Gasteiger partial charge in [0.25, 0.3) is 5.91 Å². The largest absolute Gasteiger partial charge is 0.480 e. The molecule has 0 aromatic heterocycles. The highest BCUT2D eigenvalue weighted by atomic mass is 16.4. The molecule has 0 bridgehead atoms. The van der Waals surface area contributed by atoms with Crippen LogP contribution in [0.2, 0.25) is 0 Å². The first-order valence-electron chi connectivity index (χ1n) is 4.70. The molecule has 0 heterocycles. The molecule has 0 unspecified atom stereocenters. The third-order valence-electron chi connectivity index (χ3n) is 1.84. The first-order chi connectivity index (χ1) is 8.00. The van der Waals surface area contributed by atoms with Crippen LogP contribution in [0, 0.1) is 5.41 Å². The van der Waals surface area contributed by atoms with E-state index in [1.807, 2.05) is 0 Å². The minimum atomic E-state index is -1.13. The fourth-order valence-electron chi connectivity index (χ4n) is 1.19. The minimum Gasteiger partial charge on any atom is -0.480 e. The maximum absolute atomic E-state index is 11.6. The maximum atomic E-state index is 11.6. The van der Waals surface area contributed by atoms with Gasteiger partial charge < -0.3 is 21.5 Å². The predicted molar refractivity (Wildman–Crippen MR) is 61.9 cm³/mol. The van der Waals surface area contributed by atoms with Gasteiger partial charge in [0.05, 0.1) is 11.3 Å². The first kappa shape index (κ1) is 12.5. The molecule has 0 aliphatic carbocycles. The standard InChI is InChI=1S/C10H12N4O3/c11-10(12)14-7-4-2-1-3-6(7)9(17)13-5-8(15)16/h1-4H,5H2,(H,13,17)(H,15,16)(H4,11,12,14). The summed E-state index contributed by atoms with van der Waals surface area (Å²) in [4.78, 5) is 21.9. The number of carboxylic acid groups (broad SMARTS) is 1. The van der Waals surface area contributed by atoms with Crippen LogP contribution in [0.5, 0.6) is 0 Å². The van der Waals surface area contributed by atoms with Crippen LogP contribution in [0.25, 0.3) is 0 Å². The van der Waals surface area contributed by atoms with Crippen molar-refractivity contribution in [2.45, 2.75) is 0 Å². The number of carbonyl (C=O) groups is 2. The predicted octanol–water partition coefficient (Wildman–Crippen LogP) is -0.194. The zero-order valence-electron chi connectivity index (χ0n) is 8.86. The normalized spacial score (nSPS) is 9.41. The van der Waals surface area contributed by atoms with Gasteiger partial charge in [-0.25, -0.2) is 0 Å². The fourth-order valence-corrected chi connectivity index (χ4v) is 1.19. The summed E-state index contributed by atoms with van der Waals surface area (Å²) in [6, 6.07) is 6.36. The van der Waals surface area contributed by atoms with Gasteiger partial charge in [-0.1, -0.05) is 12.1 Å². The zero-order valence-corrected chi connectivity index (χ0v) is 8.86. The third kappa shape index (κ3) is 3.82. The summed E-state index contributed by atoms with van der Waals surface area (Å²) in [7, 11) is 0. The molecule has 1 aromatic rings. The number of guanidine groups is 1. The molecule has 0 atom stereocenters. The second-order valence-electron chi connectivity index (χ2n) is 3.16. The number of carboxylic acids is 1. The molecular formula is C10H12N4O3. The summed E-state index contributed by atoms with van der Waals surface area (Å²) in [5.41, 5.74) is 5.74. The molecule has 1 amide bonds. The number of amides is 1. The van der Waals surface area contributed by atoms with Gasteiger partial charge in [-0.05, 0) is 12.1 Å². The number of hydrogen-bond donors (Lipinski definition) is 5. The van der Waals surface area contributed by atoms with Gasteiger partial charge in [0.1, 0.15) is 6.54 Å². The lowest BCUT2D eigenvalue weighted by Crippen LogP contribution is -2.30.